The average molecular weight is 277 g/mol. The van der Waals surface area contributed by atoms with E-state index in [0.717, 1.165) is 32.1 Å². The van der Waals surface area contributed by atoms with Crippen molar-refractivity contribution < 1.29 is 4.79 Å². The van der Waals surface area contributed by atoms with Gasteiger partial charge in [-0.25, -0.2) is 0 Å². The van der Waals surface area contributed by atoms with Gasteiger partial charge in [-0.3, -0.25) is 9.48 Å². The van der Waals surface area contributed by atoms with E-state index in [9.17, 15) is 4.79 Å². The maximum atomic E-state index is 11.7. The molecule has 0 bridgehead atoms. The Hall–Kier alpha value is -1.16. The number of Topliss-reactive ketones (excluding diaryl/α,β-unsaturated/α-hetero) is 1. The normalized spacial score (nSPS) is 17.8. The zero-order valence-electron chi connectivity index (χ0n) is 13.0. The van der Waals surface area contributed by atoms with Crippen molar-refractivity contribution in [2.45, 2.75) is 46.6 Å². The Kier molecular flexibility index (Phi) is 5.35. The average Bonchev–Trinajstić information content (AvgIpc) is 2.83. The van der Waals surface area contributed by atoms with Crippen LogP contribution in [0.25, 0.3) is 0 Å². The van der Waals surface area contributed by atoms with Gasteiger partial charge in [-0.1, -0.05) is 13.8 Å². The number of hydrogen-bond donors (Lipinski definition) is 0. The van der Waals surface area contributed by atoms with E-state index in [2.05, 4.69) is 27.8 Å². The predicted molar refractivity (Wildman–Crippen MR) is 80.6 cm³/mol. The fraction of sp³-hybridized carbons (Fsp3) is 0.750. The van der Waals surface area contributed by atoms with E-state index in [4.69, 9.17) is 0 Å². The van der Waals surface area contributed by atoms with Crippen LogP contribution >= 0.6 is 0 Å². The molecule has 0 aromatic carbocycles. The van der Waals surface area contributed by atoms with Crippen LogP contribution in [-0.4, -0.2) is 40.1 Å². The predicted octanol–water partition coefficient (Wildman–Crippen LogP) is 2.52. The van der Waals surface area contributed by atoms with Crippen molar-refractivity contribution in [1.82, 2.24) is 14.7 Å². The van der Waals surface area contributed by atoms with E-state index >= 15 is 0 Å². The van der Waals surface area contributed by atoms with Crippen molar-refractivity contribution in [3.8, 4) is 0 Å². The lowest BCUT2D eigenvalue weighted by molar-refractivity contribution is -0.122. The number of ketones is 1. The number of carbonyl (C=O) groups is 1. The third kappa shape index (κ3) is 4.44. The van der Waals surface area contributed by atoms with Crippen LogP contribution in [0.5, 0.6) is 0 Å². The number of aromatic nitrogens is 2. The van der Waals surface area contributed by atoms with E-state index in [1.54, 1.807) is 0 Å². The molecule has 1 fully saturated rings. The molecule has 112 valence electrons. The monoisotopic (exact) mass is 277 g/mol. The summed E-state index contributed by atoms with van der Waals surface area (Å²) in [5.74, 6) is 1.29. The third-order valence-electron chi connectivity index (χ3n) is 4.23. The molecule has 2 heterocycles. The van der Waals surface area contributed by atoms with Gasteiger partial charge in [-0.05, 0) is 44.3 Å². The quantitative estimate of drug-likeness (QED) is 0.802. The van der Waals surface area contributed by atoms with Crippen molar-refractivity contribution in [1.29, 1.82) is 0 Å². The van der Waals surface area contributed by atoms with Crippen LogP contribution in [0.4, 0.5) is 0 Å². The van der Waals surface area contributed by atoms with Crippen molar-refractivity contribution in [3.63, 3.8) is 0 Å². The molecule has 0 spiro atoms. The number of carbonyl (C=O) groups excluding carboxylic acids is 1. The number of rotatable bonds is 6. The Morgan fingerprint density at radius 2 is 2.10 bits per heavy atom. The van der Waals surface area contributed by atoms with Gasteiger partial charge in [0.15, 0.2) is 0 Å². The van der Waals surface area contributed by atoms with Gasteiger partial charge in [-0.15, -0.1) is 0 Å². The van der Waals surface area contributed by atoms with Crippen LogP contribution < -0.4 is 0 Å². The summed E-state index contributed by atoms with van der Waals surface area (Å²) in [5, 5.41) is 4.37. The molecule has 0 saturated carbocycles. The smallest absolute Gasteiger partial charge is 0.136 e. The highest BCUT2D eigenvalue weighted by atomic mass is 16.1. The summed E-state index contributed by atoms with van der Waals surface area (Å²) in [6.45, 7) is 10.3. The van der Waals surface area contributed by atoms with Crippen LogP contribution in [-0.2, 0) is 11.3 Å². The lowest BCUT2D eigenvalue weighted by Crippen LogP contribution is -2.36. The molecular formula is C16H27N3O. The minimum atomic E-state index is 0.176. The molecule has 0 radical (unpaired) electrons. The van der Waals surface area contributed by atoms with Gasteiger partial charge in [0.2, 0.25) is 0 Å². The largest absolute Gasteiger partial charge is 0.303 e. The van der Waals surface area contributed by atoms with E-state index in [-0.39, 0.29) is 5.92 Å². The number of nitrogens with zero attached hydrogens (tertiary/aromatic N) is 3. The molecule has 0 N–H and O–H groups in total. The van der Waals surface area contributed by atoms with E-state index in [1.807, 2.05) is 20.0 Å². The van der Waals surface area contributed by atoms with Crippen LogP contribution in [0, 0.1) is 18.8 Å². The summed E-state index contributed by atoms with van der Waals surface area (Å²) in [5.41, 5.74) is 1.23. The second-order valence-corrected chi connectivity index (χ2v) is 6.40. The highest BCUT2D eigenvalue weighted by Gasteiger charge is 2.20. The first-order valence-corrected chi connectivity index (χ1v) is 7.78. The van der Waals surface area contributed by atoms with E-state index < -0.39 is 0 Å². The lowest BCUT2D eigenvalue weighted by atomic mass is 9.96. The van der Waals surface area contributed by atoms with Crippen molar-refractivity contribution in [3.05, 3.63) is 18.0 Å². The summed E-state index contributed by atoms with van der Waals surface area (Å²) in [7, 11) is 0. The van der Waals surface area contributed by atoms with E-state index in [0.29, 0.717) is 12.2 Å². The van der Waals surface area contributed by atoms with Crippen LogP contribution in [0.15, 0.2) is 12.4 Å². The first-order valence-electron chi connectivity index (χ1n) is 7.78. The standard InChI is InChI=1S/C16H27N3O/c1-13(2)16(20)6-9-18-7-4-15(5-8-18)12-19-11-14(3)10-17-19/h10-11,13,15H,4-9,12H2,1-3H3. The molecule has 0 aliphatic carbocycles. The maximum absolute atomic E-state index is 11.7. The molecule has 20 heavy (non-hydrogen) atoms. The van der Waals surface area contributed by atoms with Gasteiger partial charge in [0.05, 0.1) is 6.20 Å². The number of hydrogen-bond acceptors (Lipinski definition) is 3. The van der Waals surface area contributed by atoms with Crippen LogP contribution in [0.1, 0.15) is 38.7 Å². The zero-order valence-corrected chi connectivity index (χ0v) is 13.0. The molecule has 1 aliphatic rings. The van der Waals surface area contributed by atoms with Gasteiger partial charge < -0.3 is 4.90 Å². The fourth-order valence-electron chi connectivity index (χ4n) is 2.78. The first kappa shape index (κ1) is 15.2. The van der Waals surface area contributed by atoms with Gasteiger partial charge in [-0.2, -0.15) is 5.10 Å². The van der Waals surface area contributed by atoms with Crippen molar-refractivity contribution >= 4 is 5.78 Å². The number of aryl methyl sites for hydroxylation is 1. The SMILES string of the molecule is Cc1cnn(CC2CCN(CCC(=O)C(C)C)CC2)c1. The molecular weight excluding hydrogens is 250 g/mol. The van der Waals surface area contributed by atoms with Crippen molar-refractivity contribution in [2.75, 3.05) is 19.6 Å². The topological polar surface area (TPSA) is 38.1 Å². The van der Waals surface area contributed by atoms with Crippen LogP contribution in [0.3, 0.4) is 0 Å². The van der Waals surface area contributed by atoms with Crippen molar-refractivity contribution in [2.24, 2.45) is 11.8 Å². The Labute approximate surface area is 122 Å². The summed E-state index contributed by atoms with van der Waals surface area (Å²) < 4.78 is 2.07. The van der Waals surface area contributed by atoms with Gasteiger partial charge >= 0.3 is 0 Å². The molecule has 4 heteroatoms. The summed E-state index contributed by atoms with van der Waals surface area (Å²) in [6, 6.07) is 0. The number of piperidine rings is 1. The summed E-state index contributed by atoms with van der Waals surface area (Å²) >= 11 is 0. The molecule has 1 aromatic heterocycles. The molecule has 4 nitrogen and oxygen atoms in total. The molecule has 0 amide bonds. The maximum Gasteiger partial charge on any atom is 0.136 e. The third-order valence-corrected chi connectivity index (χ3v) is 4.23. The van der Waals surface area contributed by atoms with Gasteiger partial charge in [0.25, 0.3) is 0 Å². The first-order chi connectivity index (χ1) is 9.54. The summed E-state index contributed by atoms with van der Waals surface area (Å²) in [4.78, 5) is 14.1. The van der Waals surface area contributed by atoms with Gasteiger partial charge in [0.1, 0.15) is 5.78 Å². The summed E-state index contributed by atoms with van der Waals surface area (Å²) in [6.07, 6.45) is 7.19. The molecule has 2 rings (SSSR count). The second-order valence-electron chi connectivity index (χ2n) is 6.40. The molecule has 0 atom stereocenters. The minimum Gasteiger partial charge on any atom is -0.303 e. The fourth-order valence-corrected chi connectivity index (χ4v) is 2.78. The molecule has 1 aromatic rings. The Balaban J connectivity index is 1.68. The highest BCUT2D eigenvalue weighted by Crippen LogP contribution is 2.19. The Morgan fingerprint density at radius 3 is 2.65 bits per heavy atom. The molecule has 1 saturated heterocycles. The minimum absolute atomic E-state index is 0.176. The molecule has 0 unspecified atom stereocenters. The molecule has 1 aliphatic heterocycles. The Bertz CT molecular complexity index is 431. The van der Waals surface area contributed by atoms with Gasteiger partial charge in [0, 0.05) is 31.6 Å². The van der Waals surface area contributed by atoms with E-state index in [1.165, 1.54) is 18.4 Å². The van der Waals surface area contributed by atoms with Crippen LogP contribution in [0.2, 0.25) is 0 Å². The Morgan fingerprint density at radius 1 is 1.40 bits per heavy atom. The zero-order chi connectivity index (χ0) is 14.5. The lowest BCUT2D eigenvalue weighted by Gasteiger charge is -2.31. The second kappa shape index (κ2) is 7.02. The highest BCUT2D eigenvalue weighted by molar-refractivity contribution is 5.80. The number of likely N-dealkylation sites (tertiary alicyclic amines) is 1.